The summed E-state index contributed by atoms with van der Waals surface area (Å²) in [6.45, 7) is 1.71. The Balaban J connectivity index is 2.16. The standard InChI is InChI=1S/C23H26N4O8S/c1-4-21(28)24-23(10-9-15-7-5-6-8-16(15)22(23)29)26-25-17-13-19(35-12-11-34-2)18(27(30)31)14-20(17)36(3,32)33/h5-10,13-14,22,29H,4,11-12H2,1-3H3,(H,24,28). The van der Waals surface area contributed by atoms with Crippen molar-refractivity contribution in [1.82, 2.24) is 5.32 Å². The number of fused-ring (bicyclic) bond motifs is 1. The van der Waals surface area contributed by atoms with Crippen molar-refractivity contribution in [2.24, 2.45) is 10.2 Å². The summed E-state index contributed by atoms with van der Waals surface area (Å²) >= 11 is 0. The summed E-state index contributed by atoms with van der Waals surface area (Å²) in [6, 6.07) is 8.87. The first-order valence-electron chi connectivity index (χ1n) is 10.9. The molecule has 1 amide bonds. The average molecular weight is 519 g/mol. The molecule has 36 heavy (non-hydrogen) atoms. The first-order valence-corrected chi connectivity index (χ1v) is 12.8. The number of hydrogen-bond donors (Lipinski definition) is 2. The molecule has 12 nitrogen and oxygen atoms in total. The summed E-state index contributed by atoms with van der Waals surface area (Å²) in [7, 11) is -2.57. The second-order valence-corrected chi connectivity index (χ2v) is 9.93. The van der Waals surface area contributed by atoms with E-state index in [1.807, 2.05) is 0 Å². The molecule has 1 aliphatic rings. The molecule has 3 rings (SSSR count). The topological polar surface area (TPSA) is 170 Å². The predicted octanol–water partition coefficient (Wildman–Crippen LogP) is 3.09. The fourth-order valence-electron chi connectivity index (χ4n) is 3.53. The Morgan fingerprint density at radius 2 is 2.00 bits per heavy atom. The number of amides is 1. The molecule has 2 N–H and O–H groups in total. The van der Waals surface area contributed by atoms with E-state index in [0.717, 1.165) is 18.4 Å². The van der Waals surface area contributed by atoms with E-state index in [0.29, 0.717) is 11.1 Å². The lowest BCUT2D eigenvalue weighted by molar-refractivity contribution is -0.386. The number of nitro benzene ring substituents is 1. The van der Waals surface area contributed by atoms with Gasteiger partial charge in [0.25, 0.3) is 0 Å². The zero-order valence-electron chi connectivity index (χ0n) is 19.9. The minimum Gasteiger partial charge on any atom is -0.484 e. The summed E-state index contributed by atoms with van der Waals surface area (Å²) in [6.07, 6.45) is 2.72. The van der Waals surface area contributed by atoms with Crippen molar-refractivity contribution in [3.63, 3.8) is 0 Å². The van der Waals surface area contributed by atoms with Crippen LogP contribution in [0.15, 0.2) is 57.6 Å². The maximum absolute atomic E-state index is 12.5. The van der Waals surface area contributed by atoms with Crippen molar-refractivity contribution in [1.29, 1.82) is 0 Å². The first-order chi connectivity index (χ1) is 17.0. The van der Waals surface area contributed by atoms with Crippen LogP contribution >= 0.6 is 0 Å². The van der Waals surface area contributed by atoms with Crippen LogP contribution in [0.2, 0.25) is 0 Å². The Morgan fingerprint density at radius 1 is 1.28 bits per heavy atom. The number of ether oxygens (including phenoxy) is 2. The quantitative estimate of drug-likeness (QED) is 0.209. The Labute approximate surface area is 207 Å². The van der Waals surface area contributed by atoms with Gasteiger partial charge in [0.15, 0.2) is 15.6 Å². The summed E-state index contributed by atoms with van der Waals surface area (Å²) in [5.41, 5.74) is -1.41. The number of benzene rings is 2. The molecule has 0 heterocycles. The number of nitro groups is 1. The molecule has 192 valence electrons. The highest BCUT2D eigenvalue weighted by Gasteiger charge is 2.41. The highest BCUT2D eigenvalue weighted by atomic mass is 32.2. The lowest BCUT2D eigenvalue weighted by Gasteiger charge is -2.35. The van der Waals surface area contributed by atoms with Gasteiger partial charge in [-0.3, -0.25) is 14.9 Å². The van der Waals surface area contributed by atoms with Crippen LogP contribution in [0, 0.1) is 10.1 Å². The van der Waals surface area contributed by atoms with Crippen molar-refractivity contribution < 1.29 is 32.7 Å². The van der Waals surface area contributed by atoms with Gasteiger partial charge in [-0.25, -0.2) is 8.42 Å². The smallest absolute Gasteiger partial charge is 0.312 e. The Hall–Kier alpha value is -3.68. The van der Waals surface area contributed by atoms with Gasteiger partial charge in [0.05, 0.1) is 11.5 Å². The molecule has 13 heteroatoms. The molecule has 0 bridgehead atoms. The SMILES string of the molecule is CCC(=O)NC1(N=Nc2cc(OCCOC)c([N+](=O)[O-])cc2S(C)(=O)=O)C=Cc2ccccc2C1O. The minimum absolute atomic E-state index is 0.0408. The van der Waals surface area contributed by atoms with E-state index in [9.17, 15) is 28.4 Å². The second kappa shape index (κ2) is 10.9. The van der Waals surface area contributed by atoms with Crippen LogP contribution in [0.4, 0.5) is 11.4 Å². The first kappa shape index (κ1) is 26.9. The fraction of sp³-hybridized carbons (Fsp3) is 0.348. The van der Waals surface area contributed by atoms with E-state index >= 15 is 0 Å². The Morgan fingerprint density at radius 3 is 2.64 bits per heavy atom. The lowest BCUT2D eigenvalue weighted by Crippen LogP contribution is -2.50. The van der Waals surface area contributed by atoms with Crippen molar-refractivity contribution in [3.05, 3.63) is 63.7 Å². The van der Waals surface area contributed by atoms with Gasteiger partial charge in [0.2, 0.25) is 11.6 Å². The van der Waals surface area contributed by atoms with Gasteiger partial charge in [-0.05, 0) is 17.2 Å². The van der Waals surface area contributed by atoms with Gasteiger partial charge in [-0.2, -0.15) is 10.2 Å². The molecule has 0 fully saturated rings. The van der Waals surface area contributed by atoms with Crippen molar-refractivity contribution in [3.8, 4) is 5.75 Å². The average Bonchev–Trinajstić information content (AvgIpc) is 2.84. The molecule has 0 saturated carbocycles. The van der Waals surface area contributed by atoms with E-state index in [1.165, 1.54) is 13.2 Å². The van der Waals surface area contributed by atoms with Crippen molar-refractivity contribution >= 4 is 33.2 Å². The van der Waals surface area contributed by atoms with Crippen LogP contribution < -0.4 is 10.1 Å². The summed E-state index contributed by atoms with van der Waals surface area (Å²) < 4.78 is 35.2. The molecule has 0 aliphatic heterocycles. The maximum atomic E-state index is 12.5. The van der Waals surface area contributed by atoms with Gasteiger partial charge >= 0.3 is 5.69 Å². The van der Waals surface area contributed by atoms with Gasteiger partial charge in [0, 0.05) is 31.9 Å². The van der Waals surface area contributed by atoms with E-state index in [-0.39, 0.29) is 31.1 Å². The Kier molecular flexibility index (Phi) is 8.17. The molecule has 1 aliphatic carbocycles. The number of sulfone groups is 1. The second-order valence-electron chi connectivity index (χ2n) is 7.95. The number of azo groups is 1. The number of rotatable bonds is 10. The van der Waals surface area contributed by atoms with Gasteiger partial charge < -0.3 is 19.9 Å². The number of methoxy groups -OCH3 is 1. The highest BCUT2D eigenvalue weighted by Crippen LogP contribution is 2.40. The normalized spacial score (nSPS) is 19.2. The van der Waals surface area contributed by atoms with Gasteiger partial charge in [-0.1, -0.05) is 37.3 Å². The number of aliphatic hydroxyl groups excluding tert-OH is 1. The molecular weight excluding hydrogens is 492 g/mol. The number of carbonyl (C=O) groups is 1. The maximum Gasteiger partial charge on any atom is 0.312 e. The monoisotopic (exact) mass is 518 g/mol. The third kappa shape index (κ3) is 5.75. The molecule has 0 aromatic heterocycles. The van der Waals surface area contributed by atoms with E-state index in [2.05, 4.69) is 15.5 Å². The molecule has 0 saturated heterocycles. The van der Waals surface area contributed by atoms with Crippen molar-refractivity contribution in [2.75, 3.05) is 26.6 Å². The fourth-order valence-corrected chi connectivity index (χ4v) is 4.34. The molecule has 2 atom stereocenters. The largest absolute Gasteiger partial charge is 0.484 e. The van der Waals surface area contributed by atoms with E-state index in [4.69, 9.17) is 9.47 Å². The van der Waals surface area contributed by atoms with Crippen LogP contribution in [-0.4, -0.2) is 56.6 Å². The van der Waals surface area contributed by atoms with Gasteiger partial charge in [-0.15, -0.1) is 0 Å². The zero-order chi connectivity index (χ0) is 26.5. The zero-order valence-corrected chi connectivity index (χ0v) is 20.7. The minimum atomic E-state index is -4.00. The number of hydrogen-bond acceptors (Lipinski definition) is 10. The third-order valence-corrected chi connectivity index (χ3v) is 6.52. The number of aliphatic hydroxyl groups is 1. The van der Waals surface area contributed by atoms with Crippen LogP contribution in [0.3, 0.4) is 0 Å². The molecule has 0 spiro atoms. The molecule has 0 radical (unpaired) electrons. The summed E-state index contributed by atoms with van der Waals surface area (Å²) in [4.78, 5) is 22.7. The highest BCUT2D eigenvalue weighted by molar-refractivity contribution is 7.90. The lowest BCUT2D eigenvalue weighted by atomic mass is 9.87. The van der Waals surface area contributed by atoms with Crippen LogP contribution in [-0.2, 0) is 19.4 Å². The third-order valence-electron chi connectivity index (χ3n) is 5.39. The van der Waals surface area contributed by atoms with Gasteiger partial charge in [0.1, 0.15) is 23.3 Å². The molecular formula is C23H26N4O8S. The van der Waals surface area contributed by atoms with Crippen LogP contribution in [0.1, 0.15) is 30.6 Å². The predicted molar refractivity (Wildman–Crippen MR) is 130 cm³/mol. The van der Waals surface area contributed by atoms with Crippen LogP contribution in [0.25, 0.3) is 6.08 Å². The van der Waals surface area contributed by atoms with Crippen molar-refractivity contribution in [2.45, 2.75) is 30.0 Å². The molecule has 2 unspecified atom stereocenters. The number of carbonyl (C=O) groups excluding carboxylic acids is 1. The molecule has 2 aromatic rings. The number of nitrogens with zero attached hydrogens (tertiary/aromatic N) is 3. The molecule has 2 aromatic carbocycles. The Bertz CT molecular complexity index is 1330. The van der Waals surface area contributed by atoms with Crippen LogP contribution in [0.5, 0.6) is 5.75 Å². The van der Waals surface area contributed by atoms with E-state index < -0.39 is 43.0 Å². The number of nitrogens with one attached hydrogen (secondary N) is 1. The summed E-state index contributed by atoms with van der Waals surface area (Å²) in [5, 5.41) is 33.6. The van der Waals surface area contributed by atoms with E-state index in [1.54, 1.807) is 37.3 Å². The summed E-state index contributed by atoms with van der Waals surface area (Å²) in [5.74, 6) is -0.678.